The average Bonchev–Trinajstić information content (AvgIpc) is 3.07. The number of hydrogen-bond donors (Lipinski definition) is 1. The second kappa shape index (κ2) is 15.0. The first-order valence-corrected chi connectivity index (χ1v) is 17.1. The summed E-state index contributed by atoms with van der Waals surface area (Å²) < 4.78 is 7.61. The minimum absolute atomic E-state index is 0.0231. The van der Waals surface area contributed by atoms with Gasteiger partial charge in [0.25, 0.3) is 11.5 Å². The number of amides is 2. The molecule has 3 aromatic rings. The number of benzene rings is 2. The van der Waals surface area contributed by atoms with E-state index >= 15 is 0 Å². The van der Waals surface area contributed by atoms with Crippen molar-refractivity contribution >= 4 is 11.8 Å². The van der Waals surface area contributed by atoms with Crippen molar-refractivity contribution in [2.24, 2.45) is 17.3 Å². The van der Waals surface area contributed by atoms with Gasteiger partial charge in [-0.15, -0.1) is 0 Å². The van der Waals surface area contributed by atoms with Gasteiger partial charge in [-0.3, -0.25) is 14.4 Å². The Labute approximate surface area is 279 Å². The molecule has 2 atom stereocenters. The largest absolute Gasteiger partial charge is 0.387 e. The van der Waals surface area contributed by atoms with E-state index in [0.717, 1.165) is 30.4 Å². The molecule has 0 bridgehead atoms. The molecule has 8 nitrogen and oxygen atoms in total. The molecule has 252 valence electrons. The van der Waals surface area contributed by atoms with Crippen LogP contribution in [0.2, 0.25) is 0 Å². The van der Waals surface area contributed by atoms with Gasteiger partial charge in [0.2, 0.25) is 5.91 Å². The highest BCUT2D eigenvalue weighted by Gasteiger charge is 2.49. The van der Waals surface area contributed by atoms with Gasteiger partial charge in [-0.25, -0.2) is 0 Å². The van der Waals surface area contributed by atoms with Crippen molar-refractivity contribution in [2.75, 3.05) is 33.8 Å². The molecule has 1 aromatic heterocycles. The molecular formula is C39H51N3O5. The molecule has 2 aromatic carbocycles. The highest BCUT2D eigenvalue weighted by atomic mass is 16.5. The van der Waals surface area contributed by atoms with E-state index in [9.17, 15) is 19.5 Å². The molecule has 8 heteroatoms. The Morgan fingerprint density at radius 1 is 1.00 bits per heavy atom. The van der Waals surface area contributed by atoms with Crippen LogP contribution in [-0.4, -0.2) is 70.7 Å². The number of aliphatic hydroxyl groups is 1. The maximum absolute atomic E-state index is 14.1. The lowest BCUT2D eigenvalue weighted by molar-refractivity contribution is -0.159. The molecule has 1 aliphatic heterocycles. The number of aromatic nitrogens is 1. The standard InChI is InChI=1S/C39H51N3O5/c1-38(2)27-41(36(44)32(22-29-14-8-5-9-15-29)26-47-25-30-16-10-6-11-17-30)21-20-39(38,46)28-42-24-34(37(45)40(3)4)33(23-35(42)43)31-18-12-7-13-19-31/h6-7,10-13,16-19,23-24,29,32,46H,5,8-9,14-15,20-22,25-28H2,1-4H3/t32-,39?/m0/s1. The number of rotatable bonds is 11. The molecule has 1 saturated carbocycles. The summed E-state index contributed by atoms with van der Waals surface area (Å²) in [6, 6.07) is 20.9. The fraction of sp³-hybridized carbons (Fsp3) is 0.513. The third kappa shape index (κ3) is 8.22. The molecule has 1 N–H and O–H groups in total. The summed E-state index contributed by atoms with van der Waals surface area (Å²) in [5, 5.41) is 12.2. The van der Waals surface area contributed by atoms with Crippen LogP contribution in [0.25, 0.3) is 11.1 Å². The lowest BCUT2D eigenvalue weighted by Crippen LogP contribution is -2.61. The zero-order valence-corrected chi connectivity index (χ0v) is 28.5. The predicted molar refractivity (Wildman–Crippen MR) is 185 cm³/mol. The van der Waals surface area contributed by atoms with Gasteiger partial charge in [0.05, 0.1) is 36.8 Å². The Bertz CT molecular complexity index is 1560. The van der Waals surface area contributed by atoms with Gasteiger partial charge >= 0.3 is 0 Å². The highest BCUT2D eigenvalue weighted by molar-refractivity contribution is 6.00. The van der Waals surface area contributed by atoms with Gasteiger partial charge in [-0.2, -0.15) is 0 Å². The van der Waals surface area contributed by atoms with E-state index in [2.05, 4.69) is 0 Å². The maximum atomic E-state index is 14.1. The van der Waals surface area contributed by atoms with Crippen molar-refractivity contribution in [1.82, 2.24) is 14.4 Å². The SMILES string of the molecule is CN(C)C(=O)c1cn(CC2(O)CCN(C(=O)[C@H](COCc3ccccc3)CC3CCCCC3)CC2(C)C)c(=O)cc1-c1ccccc1. The van der Waals surface area contributed by atoms with Gasteiger partial charge in [0, 0.05) is 50.4 Å². The van der Waals surface area contributed by atoms with Gasteiger partial charge in [0.1, 0.15) is 0 Å². The van der Waals surface area contributed by atoms with Crippen molar-refractivity contribution in [2.45, 2.75) is 77.5 Å². The van der Waals surface area contributed by atoms with Crippen LogP contribution >= 0.6 is 0 Å². The van der Waals surface area contributed by atoms with Crippen LogP contribution in [-0.2, 0) is 22.7 Å². The van der Waals surface area contributed by atoms with Crippen LogP contribution in [0.5, 0.6) is 0 Å². The van der Waals surface area contributed by atoms with E-state index in [4.69, 9.17) is 4.74 Å². The molecule has 47 heavy (non-hydrogen) atoms. The zero-order chi connectivity index (χ0) is 33.6. The number of nitrogens with zero attached hydrogens (tertiary/aromatic N) is 3. The minimum atomic E-state index is -1.27. The Balaban J connectivity index is 1.33. The van der Waals surface area contributed by atoms with E-state index in [-0.39, 0.29) is 29.8 Å². The third-order valence-corrected chi connectivity index (χ3v) is 10.4. The Morgan fingerprint density at radius 3 is 2.30 bits per heavy atom. The first-order valence-electron chi connectivity index (χ1n) is 17.1. The summed E-state index contributed by atoms with van der Waals surface area (Å²) in [7, 11) is 3.37. The van der Waals surface area contributed by atoms with Crippen LogP contribution in [0.4, 0.5) is 0 Å². The highest BCUT2D eigenvalue weighted by Crippen LogP contribution is 2.41. The molecule has 2 aliphatic rings. The molecule has 0 radical (unpaired) electrons. The Kier molecular flexibility index (Phi) is 11.0. The van der Waals surface area contributed by atoms with Crippen LogP contribution in [0, 0.1) is 17.3 Å². The van der Waals surface area contributed by atoms with Crippen molar-refractivity contribution in [3.63, 3.8) is 0 Å². The monoisotopic (exact) mass is 641 g/mol. The number of pyridine rings is 1. The lowest BCUT2D eigenvalue weighted by Gasteiger charge is -2.51. The summed E-state index contributed by atoms with van der Waals surface area (Å²) in [4.78, 5) is 44.3. The van der Waals surface area contributed by atoms with Crippen molar-refractivity contribution in [3.05, 3.63) is 94.4 Å². The van der Waals surface area contributed by atoms with Crippen LogP contribution < -0.4 is 5.56 Å². The van der Waals surface area contributed by atoms with E-state index in [1.54, 1.807) is 20.3 Å². The maximum Gasteiger partial charge on any atom is 0.255 e. The van der Waals surface area contributed by atoms with E-state index < -0.39 is 11.0 Å². The Morgan fingerprint density at radius 2 is 1.66 bits per heavy atom. The number of likely N-dealkylation sites (tertiary alicyclic amines) is 1. The fourth-order valence-corrected chi connectivity index (χ4v) is 7.31. The minimum Gasteiger partial charge on any atom is -0.387 e. The van der Waals surface area contributed by atoms with Crippen LogP contribution in [0.3, 0.4) is 0 Å². The number of carbonyl (C=O) groups is 2. The zero-order valence-electron chi connectivity index (χ0n) is 28.5. The van der Waals surface area contributed by atoms with Crippen LogP contribution in [0.1, 0.15) is 74.7 Å². The van der Waals surface area contributed by atoms with Gasteiger partial charge in [-0.1, -0.05) is 107 Å². The summed E-state index contributed by atoms with van der Waals surface area (Å²) in [6.07, 6.45) is 8.73. The third-order valence-electron chi connectivity index (χ3n) is 10.4. The van der Waals surface area contributed by atoms with Crippen molar-refractivity contribution < 1.29 is 19.4 Å². The smallest absolute Gasteiger partial charge is 0.255 e. The first-order chi connectivity index (χ1) is 22.5. The topological polar surface area (TPSA) is 92.1 Å². The molecular weight excluding hydrogens is 590 g/mol. The number of piperidine rings is 1. The summed E-state index contributed by atoms with van der Waals surface area (Å²) in [6.45, 7) is 5.54. The van der Waals surface area contributed by atoms with Crippen LogP contribution in [0.15, 0.2) is 77.7 Å². The number of carbonyl (C=O) groups excluding carboxylic acids is 2. The molecule has 0 spiro atoms. The summed E-state index contributed by atoms with van der Waals surface area (Å²) in [5.41, 5.74) is 0.552. The second-order valence-electron chi connectivity index (χ2n) is 14.5. The number of ether oxygens (including phenoxy) is 1. The molecule has 1 saturated heterocycles. The quantitative estimate of drug-likeness (QED) is 0.277. The second-order valence-corrected chi connectivity index (χ2v) is 14.5. The molecule has 1 aliphatic carbocycles. The van der Waals surface area contributed by atoms with Gasteiger partial charge in [-0.05, 0) is 29.9 Å². The summed E-state index contributed by atoms with van der Waals surface area (Å²) >= 11 is 0. The first kappa shape index (κ1) is 34.6. The van der Waals surface area contributed by atoms with Crippen molar-refractivity contribution in [1.29, 1.82) is 0 Å². The predicted octanol–water partition coefficient (Wildman–Crippen LogP) is 6.01. The molecule has 1 unspecified atom stereocenters. The van der Waals surface area contributed by atoms with Crippen molar-refractivity contribution in [3.8, 4) is 11.1 Å². The summed E-state index contributed by atoms with van der Waals surface area (Å²) in [5.74, 6) is 0.152. The van der Waals surface area contributed by atoms with E-state index in [1.807, 2.05) is 79.4 Å². The molecule has 2 heterocycles. The fourth-order valence-electron chi connectivity index (χ4n) is 7.31. The average molecular weight is 642 g/mol. The molecule has 2 amide bonds. The van der Waals surface area contributed by atoms with Gasteiger partial charge < -0.3 is 24.2 Å². The normalized spacial score (nSPS) is 20.5. The lowest BCUT2D eigenvalue weighted by atomic mass is 9.69. The number of hydrogen-bond acceptors (Lipinski definition) is 5. The van der Waals surface area contributed by atoms with Gasteiger partial charge in [0.15, 0.2) is 0 Å². The van der Waals surface area contributed by atoms with E-state index in [1.165, 1.54) is 34.8 Å². The molecule has 5 rings (SSSR count). The van der Waals surface area contributed by atoms with E-state index in [0.29, 0.717) is 49.8 Å². The Hall–Kier alpha value is -3.75. The molecule has 2 fully saturated rings.